The molecule has 0 bridgehead atoms. The van der Waals surface area contributed by atoms with E-state index in [1.54, 1.807) is 55.4 Å². The zero-order valence-electron chi connectivity index (χ0n) is 53.6. The van der Waals surface area contributed by atoms with Crippen LogP contribution in [0.4, 0.5) is 0 Å². The molecule has 0 radical (unpaired) electrons. The van der Waals surface area contributed by atoms with Gasteiger partial charge in [-0.1, -0.05) is 220 Å². The summed E-state index contributed by atoms with van der Waals surface area (Å²) in [5.74, 6) is 4.85. The van der Waals surface area contributed by atoms with Gasteiger partial charge in [0.25, 0.3) is 0 Å². The normalized spacial score (nSPS) is 13.2. The Hall–Kier alpha value is -2.64. The van der Waals surface area contributed by atoms with Crippen LogP contribution >= 0.6 is 0 Å². The second-order valence-electron chi connectivity index (χ2n) is 21.6. The van der Waals surface area contributed by atoms with E-state index in [1.807, 2.05) is 55.4 Å². The topological polar surface area (TPSA) is 137 Å². The standard InChI is InChI=1S/C9H18O.7C8H16O/c1-4-5-6-7-8(2)9(3)10;7*1-4-5-6-7(2)8(3)9/h8H,4-7H2,1-3H3;7*7H,4-6H2,1-3H3/t8-;7*7-/m11111111/s1. The molecule has 8 nitrogen and oxygen atoms in total. The van der Waals surface area contributed by atoms with Crippen LogP contribution in [0.5, 0.6) is 0 Å². The van der Waals surface area contributed by atoms with Crippen molar-refractivity contribution in [3.05, 3.63) is 0 Å². The third-order valence-electron chi connectivity index (χ3n) is 13.7. The van der Waals surface area contributed by atoms with Gasteiger partial charge in [0.15, 0.2) is 0 Å². The van der Waals surface area contributed by atoms with Crippen molar-refractivity contribution in [2.24, 2.45) is 47.3 Å². The smallest absolute Gasteiger partial charge is 0.132 e. The molecule has 0 aromatic heterocycles. The highest BCUT2D eigenvalue weighted by Gasteiger charge is 2.09. The van der Waals surface area contributed by atoms with Gasteiger partial charge in [0, 0.05) is 47.3 Å². The van der Waals surface area contributed by atoms with Crippen molar-refractivity contribution < 1.29 is 38.4 Å². The lowest BCUT2D eigenvalue weighted by Gasteiger charge is -2.04. The molecule has 8 atom stereocenters. The van der Waals surface area contributed by atoms with E-state index in [1.165, 1.54) is 109 Å². The molecule has 0 aromatic rings. The van der Waals surface area contributed by atoms with E-state index in [0.717, 1.165) is 51.4 Å². The molecule has 0 N–H and O–H groups in total. The maximum atomic E-state index is 10.7. The summed E-state index contributed by atoms with van der Waals surface area (Å²) in [6.07, 6.45) is 28.8. The molecule has 0 rings (SSSR count). The Balaban J connectivity index is -0.000000110. The van der Waals surface area contributed by atoms with Crippen LogP contribution in [0.25, 0.3) is 0 Å². The van der Waals surface area contributed by atoms with Crippen molar-refractivity contribution in [3.63, 3.8) is 0 Å². The van der Waals surface area contributed by atoms with Gasteiger partial charge in [0.05, 0.1) is 0 Å². The Morgan fingerprint density at radius 1 is 0.192 bits per heavy atom. The molecule has 0 aliphatic heterocycles. The Morgan fingerprint density at radius 3 is 0.370 bits per heavy atom. The summed E-state index contributed by atoms with van der Waals surface area (Å²) in [5.41, 5.74) is 0. The van der Waals surface area contributed by atoms with E-state index in [4.69, 9.17) is 0 Å². The highest BCUT2D eigenvalue weighted by atomic mass is 16.2. The third kappa shape index (κ3) is 80.9. The first kappa shape index (κ1) is 87.0. The minimum Gasteiger partial charge on any atom is -0.300 e. The third-order valence-corrected chi connectivity index (χ3v) is 13.7. The second-order valence-corrected chi connectivity index (χ2v) is 21.6. The molecule has 0 fully saturated rings. The van der Waals surface area contributed by atoms with Crippen LogP contribution in [0.2, 0.25) is 0 Å². The molecule has 8 heteroatoms. The highest BCUT2D eigenvalue weighted by Crippen LogP contribution is 2.13. The molecule has 73 heavy (non-hydrogen) atoms. The van der Waals surface area contributed by atoms with Gasteiger partial charge in [0.1, 0.15) is 46.3 Å². The van der Waals surface area contributed by atoms with Gasteiger partial charge in [-0.2, -0.15) is 0 Å². The minimum atomic E-state index is 0.282. The Bertz CT molecular complexity index is 1050. The first-order valence-electron chi connectivity index (χ1n) is 30.0. The van der Waals surface area contributed by atoms with Crippen molar-refractivity contribution >= 4 is 46.3 Å². The first-order valence-corrected chi connectivity index (χ1v) is 30.0. The van der Waals surface area contributed by atoms with Crippen LogP contribution < -0.4 is 0 Å². The lowest BCUT2D eigenvalue weighted by atomic mass is 10.0. The van der Waals surface area contributed by atoms with Gasteiger partial charge in [-0.25, -0.2) is 0 Å². The predicted molar refractivity (Wildman–Crippen MR) is 320 cm³/mol. The number of unbranched alkanes of at least 4 members (excludes halogenated alkanes) is 9. The summed E-state index contributed by atoms with van der Waals surface area (Å²) >= 11 is 0. The van der Waals surface area contributed by atoms with Crippen LogP contribution in [0, 0.1) is 47.3 Å². The van der Waals surface area contributed by atoms with Gasteiger partial charge in [-0.15, -0.1) is 0 Å². The number of ketones is 8. The van der Waals surface area contributed by atoms with Crippen molar-refractivity contribution in [2.75, 3.05) is 0 Å². The molecule has 0 saturated heterocycles. The zero-order chi connectivity index (χ0) is 58.9. The van der Waals surface area contributed by atoms with Gasteiger partial charge in [-0.3, -0.25) is 38.4 Å². The summed E-state index contributed by atoms with van der Waals surface area (Å²) in [7, 11) is 0. The van der Waals surface area contributed by atoms with Gasteiger partial charge >= 0.3 is 0 Å². The van der Waals surface area contributed by atoms with E-state index in [2.05, 4.69) is 55.4 Å². The fraction of sp³-hybridized carbons (Fsp3) is 0.877. The molecule has 0 aromatic carbocycles. The molecule has 0 heterocycles. The van der Waals surface area contributed by atoms with Crippen molar-refractivity contribution in [2.45, 2.75) is 327 Å². The van der Waals surface area contributed by atoms with Crippen molar-refractivity contribution in [1.29, 1.82) is 0 Å². The average Bonchev–Trinajstić information content (AvgIpc) is 3.34. The number of hydrogen-bond acceptors (Lipinski definition) is 8. The van der Waals surface area contributed by atoms with E-state index in [-0.39, 0.29) is 47.3 Å². The molecule has 0 aliphatic rings. The van der Waals surface area contributed by atoms with E-state index in [0.29, 0.717) is 46.3 Å². The summed E-state index contributed by atoms with van der Waals surface area (Å²) in [4.78, 5) is 85.3. The molecule has 0 amide bonds. The maximum Gasteiger partial charge on any atom is 0.132 e. The molecule has 0 unspecified atom stereocenters. The summed E-state index contributed by atoms with van der Waals surface area (Å²) < 4.78 is 0. The fourth-order valence-corrected chi connectivity index (χ4v) is 5.90. The number of carbonyl (C=O) groups excluding carboxylic acids is 8. The van der Waals surface area contributed by atoms with Crippen molar-refractivity contribution in [1.82, 2.24) is 0 Å². The quantitative estimate of drug-likeness (QED) is 0.0593. The first-order chi connectivity index (χ1) is 33.9. The highest BCUT2D eigenvalue weighted by molar-refractivity contribution is 5.80. The van der Waals surface area contributed by atoms with E-state index < -0.39 is 0 Å². The van der Waals surface area contributed by atoms with Crippen molar-refractivity contribution in [3.8, 4) is 0 Å². The Morgan fingerprint density at radius 2 is 0.288 bits per heavy atom. The van der Waals surface area contributed by atoms with Crippen LogP contribution in [-0.2, 0) is 38.4 Å². The minimum absolute atomic E-state index is 0.282. The molecule has 0 aliphatic carbocycles. The summed E-state index contributed by atoms with van der Waals surface area (Å²) in [6.45, 7) is 46.5. The summed E-state index contributed by atoms with van der Waals surface area (Å²) in [5, 5.41) is 0. The fourth-order valence-electron chi connectivity index (χ4n) is 5.90. The SMILES string of the molecule is CCCCC[C@@H](C)C(C)=O.CCCC[C@@H](C)C(C)=O.CCCC[C@@H](C)C(C)=O.CCCC[C@@H](C)C(C)=O.CCCC[C@@H](C)C(C)=O.CCCC[C@@H](C)C(C)=O.CCCC[C@@H](C)C(C)=O.CCCC[C@@H](C)C(C)=O. The zero-order valence-corrected chi connectivity index (χ0v) is 53.6. The lowest BCUT2D eigenvalue weighted by molar-refractivity contribution is -0.121. The number of rotatable bonds is 33. The molecular formula is C65H130O8. The Kier molecular flexibility index (Phi) is 78.1. The van der Waals surface area contributed by atoms with E-state index in [9.17, 15) is 38.4 Å². The molecule has 0 saturated carbocycles. The number of carbonyl (C=O) groups is 8. The average molecular weight is 1040 g/mol. The van der Waals surface area contributed by atoms with Gasteiger partial charge < -0.3 is 0 Å². The van der Waals surface area contributed by atoms with Gasteiger partial charge in [-0.05, 0) is 107 Å². The van der Waals surface area contributed by atoms with E-state index >= 15 is 0 Å². The maximum absolute atomic E-state index is 10.7. The largest absolute Gasteiger partial charge is 0.300 e. The van der Waals surface area contributed by atoms with Crippen LogP contribution in [0.3, 0.4) is 0 Å². The summed E-state index contributed by atoms with van der Waals surface area (Å²) in [6, 6.07) is 0. The number of hydrogen-bond donors (Lipinski definition) is 0. The Labute approximate surface area is 456 Å². The molecule has 438 valence electrons. The monoisotopic (exact) mass is 1040 g/mol. The lowest BCUT2D eigenvalue weighted by Crippen LogP contribution is -2.05. The van der Waals surface area contributed by atoms with Crippen LogP contribution in [0.1, 0.15) is 327 Å². The number of Topliss-reactive ketones (excluding diaryl/α,β-unsaturated/α-hetero) is 8. The van der Waals surface area contributed by atoms with Gasteiger partial charge in [0.2, 0.25) is 0 Å². The molecular weight excluding hydrogens is 909 g/mol. The molecule has 0 spiro atoms. The second kappa shape index (κ2) is 65.5. The van der Waals surface area contributed by atoms with Crippen LogP contribution in [0.15, 0.2) is 0 Å². The van der Waals surface area contributed by atoms with Crippen LogP contribution in [-0.4, -0.2) is 46.3 Å². The predicted octanol–water partition coefficient (Wildman–Crippen LogP) is 19.6.